The molecule has 1 fully saturated rings. The zero-order valence-electron chi connectivity index (χ0n) is 13.2. The van der Waals surface area contributed by atoms with Crippen LogP contribution >= 0.6 is 0 Å². The zero-order chi connectivity index (χ0) is 15.6. The topological polar surface area (TPSA) is 58.7 Å². The molecule has 0 amide bonds. The molecule has 1 saturated heterocycles. The lowest BCUT2D eigenvalue weighted by Crippen LogP contribution is -2.46. The van der Waals surface area contributed by atoms with Crippen molar-refractivity contribution in [2.75, 3.05) is 0 Å². The standard InChI is InChI=1S/C16H23N3O2/c1-11-8-9-15(19(20)21)10-16(11)17-14(4)18-12(2)6-5-7-13(18)3/h8-10,12-13H,5-7H2,1-4H3. The fraction of sp³-hybridized carbons (Fsp3) is 0.562. The number of piperidine rings is 1. The fourth-order valence-electron chi connectivity index (χ4n) is 3.12. The summed E-state index contributed by atoms with van der Waals surface area (Å²) in [6, 6.07) is 5.77. The molecule has 1 aromatic carbocycles. The largest absolute Gasteiger partial charge is 0.355 e. The molecule has 1 aromatic rings. The summed E-state index contributed by atoms with van der Waals surface area (Å²) in [5.74, 6) is 0.943. The number of aliphatic imine (C=N–C) groups is 1. The molecule has 2 rings (SSSR count). The molecule has 21 heavy (non-hydrogen) atoms. The smallest absolute Gasteiger partial charge is 0.271 e. The second-order valence-corrected chi connectivity index (χ2v) is 5.92. The Kier molecular flexibility index (Phi) is 4.60. The molecule has 114 valence electrons. The minimum atomic E-state index is -0.375. The molecule has 1 aliphatic rings. The van der Waals surface area contributed by atoms with Crippen molar-refractivity contribution in [2.45, 2.75) is 59.0 Å². The number of hydrogen-bond acceptors (Lipinski definition) is 3. The van der Waals surface area contributed by atoms with E-state index in [2.05, 4.69) is 23.7 Å². The molecule has 0 spiro atoms. The van der Waals surface area contributed by atoms with Crippen LogP contribution in [0.15, 0.2) is 23.2 Å². The molecular weight excluding hydrogens is 266 g/mol. The Morgan fingerprint density at radius 1 is 1.33 bits per heavy atom. The zero-order valence-corrected chi connectivity index (χ0v) is 13.2. The lowest BCUT2D eigenvalue weighted by Gasteiger charge is -2.40. The third-order valence-corrected chi connectivity index (χ3v) is 4.25. The summed E-state index contributed by atoms with van der Waals surface area (Å²) >= 11 is 0. The van der Waals surface area contributed by atoms with Gasteiger partial charge in [0.15, 0.2) is 0 Å². The van der Waals surface area contributed by atoms with Crippen LogP contribution in [0.4, 0.5) is 11.4 Å². The Morgan fingerprint density at radius 3 is 2.52 bits per heavy atom. The van der Waals surface area contributed by atoms with Crippen LogP contribution in [-0.2, 0) is 0 Å². The summed E-state index contributed by atoms with van der Waals surface area (Å²) < 4.78 is 0. The van der Waals surface area contributed by atoms with Crippen molar-refractivity contribution < 1.29 is 4.92 Å². The van der Waals surface area contributed by atoms with Crippen LogP contribution in [0.25, 0.3) is 0 Å². The van der Waals surface area contributed by atoms with E-state index in [1.165, 1.54) is 25.3 Å². The number of nitro groups is 1. The van der Waals surface area contributed by atoms with Gasteiger partial charge in [-0.1, -0.05) is 6.07 Å². The lowest BCUT2D eigenvalue weighted by molar-refractivity contribution is -0.384. The summed E-state index contributed by atoms with van der Waals surface area (Å²) in [6.07, 6.45) is 3.60. The molecule has 0 bridgehead atoms. The number of nitrogens with zero attached hydrogens (tertiary/aromatic N) is 3. The molecule has 0 radical (unpaired) electrons. The average Bonchev–Trinajstić information content (AvgIpc) is 2.40. The van der Waals surface area contributed by atoms with Crippen molar-refractivity contribution in [1.82, 2.24) is 4.90 Å². The van der Waals surface area contributed by atoms with E-state index in [9.17, 15) is 10.1 Å². The van der Waals surface area contributed by atoms with Gasteiger partial charge in [0, 0.05) is 24.2 Å². The fourth-order valence-corrected chi connectivity index (χ4v) is 3.12. The normalized spacial score (nSPS) is 23.2. The van der Waals surface area contributed by atoms with Gasteiger partial charge in [-0.05, 0) is 52.5 Å². The first-order chi connectivity index (χ1) is 9.90. The van der Waals surface area contributed by atoms with Crippen molar-refractivity contribution >= 4 is 17.2 Å². The third kappa shape index (κ3) is 3.40. The number of nitro benzene ring substituents is 1. The van der Waals surface area contributed by atoms with Crippen LogP contribution in [-0.4, -0.2) is 27.7 Å². The summed E-state index contributed by atoms with van der Waals surface area (Å²) in [6.45, 7) is 8.36. The van der Waals surface area contributed by atoms with Crippen molar-refractivity contribution in [3.05, 3.63) is 33.9 Å². The van der Waals surface area contributed by atoms with E-state index in [1.54, 1.807) is 12.1 Å². The third-order valence-electron chi connectivity index (χ3n) is 4.25. The summed E-state index contributed by atoms with van der Waals surface area (Å²) in [7, 11) is 0. The highest BCUT2D eigenvalue weighted by atomic mass is 16.6. The minimum absolute atomic E-state index is 0.0897. The van der Waals surface area contributed by atoms with E-state index in [0.717, 1.165) is 11.4 Å². The number of non-ortho nitro benzene ring substituents is 1. The SMILES string of the molecule is CC(=Nc1cc([N+](=O)[O-])ccc1C)N1C(C)CCCC1C. The Morgan fingerprint density at radius 2 is 1.95 bits per heavy atom. The monoisotopic (exact) mass is 289 g/mol. The predicted octanol–water partition coefficient (Wildman–Crippen LogP) is 4.22. The maximum absolute atomic E-state index is 10.9. The maximum Gasteiger partial charge on any atom is 0.271 e. The Bertz CT molecular complexity index is 559. The first kappa shape index (κ1) is 15.5. The number of benzene rings is 1. The van der Waals surface area contributed by atoms with E-state index in [1.807, 2.05) is 13.8 Å². The van der Waals surface area contributed by atoms with Gasteiger partial charge < -0.3 is 4.90 Å². The van der Waals surface area contributed by atoms with E-state index in [0.29, 0.717) is 17.8 Å². The van der Waals surface area contributed by atoms with Crippen molar-refractivity contribution in [1.29, 1.82) is 0 Å². The molecule has 0 saturated carbocycles. The molecule has 5 heteroatoms. The number of likely N-dealkylation sites (tertiary alicyclic amines) is 1. The van der Waals surface area contributed by atoms with Crippen molar-refractivity contribution in [2.24, 2.45) is 4.99 Å². The first-order valence-corrected chi connectivity index (χ1v) is 7.49. The Hall–Kier alpha value is -1.91. The summed E-state index contributed by atoms with van der Waals surface area (Å²) in [4.78, 5) is 17.5. The molecule has 2 unspecified atom stereocenters. The molecular formula is C16H23N3O2. The van der Waals surface area contributed by atoms with E-state index < -0.39 is 0 Å². The van der Waals surface area contributed by atoms with Gasteiger partial charge in [0.1, 0.15) is 5.84 Å². The molecule has 0 aromatic heterocycles. The van der Waals surface area contributed by atoms with E-state index in [-0.39, 0.29) is 10.6 Å². The van der Waals surface area contributed by atoms with E-state index >= 15 is 0 Å². The Labute approximate surface area is 125 Å². The number of hydrogen-bond donors (Lipinski definition) is 0. The number of rotatable bonds is 2. The lowest BCUT2D eigenvalue weighted by atomic mass is 9.97. The van der Waals surface area contributed by atoms with Crippen molar-refractivity contribution in [3.63, 3.8) is 0 Å². The van der Waals surface area contributed by atoms with Gasteiger partial charge in [0.25, 0.3) is 5.69 Å². The van der Waals surface area contributed by atoms with Crippen LogP contribution in [0.2, 0.25) is 0 Å². The van der Waals surface area contributed by atoms with Gasteiger partial charge in [-0.15, -0.1) is 0 Å². The number of amidine groups is 1. The van der Waals surface area contributed by atoms with Crippen LogP contribution < -0.4 is 0 Å². The summed E-state index contributed by atoms with van der Waals surface area (Å²) in [5, 5.41) is 10.9. The highest BCUT2D eigenvalue weighted by Crippen LogP contribution is 2.27. The van der Waals surface area contributed by atoms with E-state index in [4.69, 9.17) is 0 Å². The van der Waals surface area contributed by atoms with Gasteiger partial charge in [-0.3, -0.25) is 10.1 Å². The average molecular weight is 289 g/mol. The maximum atomic E-state index is 10.9. The van der Waals surface area contributed by atoms with Gasteiger partial charge in [0.05, 0.1) is 10.6 Å². The summed E-state index contributed by atoms with van der Waals surface area (Å²) in [5.41, 5.74) is 1.73. The van der Waals surface area contributed by atoms with Gasteiger partial charge >= 0.3 is 0 Å². The molecule has 1 aliphatic heterocycles. The van der Waals surface area contributed by atoms with Gasteiger partial charge in [-0.25, -0.2) is 4.99 Å². The quantitative estimate of drug-likeness (QED) is 0.354. The Balaban J connectivity index is 2.33. The van der Waals surface area contributed by atoms with Crippen LogP contribution in [0.3, 0.4) is 0 Å². The highest BCUT2D eigenvalue weighted by Gasteiger charge is 2.25. The molecule has 0 N–H and O–H groups in total. The second kappa shape index (κ2) is 6.24. The second-order valence-electron chi connectivity index (χ2n) is 5.92. The van der Waals surface area contributed by atoms with Crippen LogP contribution in [0.1, 0.15) is 45.6 Å². The number of aryl methyl sites for hydroxylation is 1. The predicted molar refractivity (Wildman–Crippen MR) is 85.2 cm³/mol. The molecule has 0 aliphatic carbocycles. The van der Waals surface area contributed by atoms with Gasteiger partial charge in [-0.2, -0.15) is 0 Å². The first-order valence-electron chi connectivity index (χ1n) is 7.49. The molecule has 2 atom stereocenters. The molecule has 1 heterocycles. The van der Waals surface area contributed by atoms with Crippen molar-refractivity contribution in [3.8, 4) is 0 Å². The molecule has 5 nitrogen and oxygen atoms in total. The van der Waals surface area contributed by atoms with Crippen LogP contribution in [0.5, 0.6) is 0 Å². The minimum Gasteiger partial charge on any atom is -0.355 e. The highest BCUT2D eigenvalue weighted by molar-refractivity contribution is 5.84. The van der Waals surface area contributed by atoms with Gasteiger partial charge in [0.2, 0.25) is 0 Å². The van der Waals surface area contributed by atoms with Crippen LogP contribution in [0, 0.1) is 17.0 Å².